The van der Waals surface area contributed by atoms with Crippen molar-refractivity contribution in [3.05, 3.63) is 44.4 Å². The minimum atomic E-state index is -0.494. The van der Waals surface area contributed by atoms with Crippen molar-refractivity contribution in [3.63, 3.8) is 0 Å². The molecule has 0 amide bonds. The fourth-order valence-corrected chi connectivity index (χ4v) is 4.24. The van der Waals surface area contributed by atoms with Crippen molar-refractivity contribution in [1.82, 2.24) is 9.88 Å². The molecule has 1 aromatic carbocycles. The number of fused-ring (bicyclic) bond motifs is 1. The second kappa shape index (κ2) is 6.91. The van der Waals surface area contributed by atoms with Crippen LogP contribution in [-0.4, -0.2) is 28.1 Å². The van der Waals surface area contributed by atoms with E-state index in [-0.39, 0.29) is 18.4 Å². The summed E-state index contributed by atoms with van der Waals surface area (Å²) < 4.78 is 0. The number of nitrogens with zero attached hydrogens (tertiary/aromatic N) is 2. The smallest absolute Gasteiger partial charge is 0.180 e. The molecule has 1 aliphatic carbocycles. The van der Waals surface area contributed by atoms with Gasteiger partial charge in [0.1, 0.15) is 0 Å². The Bertz CT molecular complexity index is 679. The number of aliphatic hydroxyl groups is 1. The minimum absolute atomic E-state index is 0. The van der Waals surface area contributed by atoms with Crippen molar-refractivity contribution in [3.8, 4) is 0 Å². The molecule has 1 aromatic heterocycles. The summed E-state index contributed by atoms with van der Waals surface area (Å²) in [7, 11) is 1.97. The first-order valence-electron chi connectivity index (χ1n) is 6.52. The number of anilines is 1. The van der Waals surface area contributed by atoms with E-state index in [1.54, 1.807) is 12.3 Å². The molecule has 22 heavy (non-hydrogen) atoms. The third-order valence-electron chi connectivity index (χ3n) is 3.74. The van der Waals surface area contributed by atoms with Gasteiger partial charge in [-0.1, -0.05) is 23.2 Å². The van der Waals surface area contributed by atoms with Gasteiger partial charge in [0.15, 0.2) is 5.13 Å². The summed E-state index contributed by atoms with van der Waals surface area (Å²) in [5.41, 5.74) is 7.64. The highest BCUT2D eigenvalue weighted by atomic mass is 35.5. The number of rotatable bonds is 3. The Kier molecular flexibility index (Phi) is 5.59. The van der Waals surface area contributed by atoms with E-state index >= 15 is 0 Å². The molecule has 2 unspecified atom stereocenters. The molecule has 0 saturated heterocycles. The number of nitrogens with two attached hydrogens (primary N) is 1. The molecule has 0 fully saturated rings. The van der Waals surface area contributed by atoms with Gasteiger partial charge in [0.05, 0.1) is 12.1 Å². The van der Waals surface area contributed by atoms with Gasteiger partial charge in [0, 0.05) is 34.1 Å². The van der Waals surface area contributed by atoms with Gasteiger partial charge in [-0.05, 0) is 30.3 Å². The molecule has 0 saturated carbocycles. The number of benzene rings is 1. The minimum Gasteiger partial charge on any atom is -0.391 e. The van der Waals surface area contributed by atoms with Crippen LogP contribution in [0.15, 0.2) is 18.3 Å². The number of nitrogen functional groups attached to an aromatic ring is 1. The van der Waals surface area contributed by atoms with Crippen molar-refractivity contribution in [2.75, 3.05) is 12.8 Å². The molecular weight excluding hydrogens is 365 g/mol. The maximum Gasteiger partial charge on any atom is 0.180 e. The van der Waals surface area contributed by atoms with E-state index in [1.165, 1.54) is 11.3 Å². The zero-order chi connectivity index (χ0) is 15.1. The summed E-state index contributed by atoms with van der Waals surface area (Å²) in [6.45, 7) is 0.667. The zero-order valence-corrected chi connectivity index (χ0v) is 14.9. The van der Waals surface area contributed by atoms with Crippen LogP contribution in [0.1, 0.15) is 22.0 Å². The number of aromatic nitrogens is 1. The molecule has 8 heteroatoms. The third kappa shape index (κ3) is 3.35. The van der Waals surface area contributed by atoms with Crippen LogP contribution in [0.25, 0.3) is 0 Å². The topological polar surface area (TPSA) is 62.4 Å². The molecule has 3 N–H and O–H groups in total. The van der Waals surface area contributed by atoms with Crippen LogP contribution in [0.4, 0.5) is 5.13 Å². The van der Waals surface area contributed by atoms with Crippen molar-refractivity contribution in [2.24, 2.45) is 0 Å². The lowest BCUT2D eigenvalue weighted by Crippen LogP contribution is -2.30. The molecule has 0 radical (unpaired) electrons. The summed E-state index contributed by atoms with van der Waals surface area (Å²) in [4.78, 5) is 7.19. The lowest BCUT2D eigenvalue weighted by atomic mass is 10.1. The Labute approximate surface area is 149 Å². The van der Waals surface area contributed by atoms with Gasteiger partial charge in [-0.3, -0.25) is 4.90 Å². The molecule has 3 rings (SSSR count). The maximum atomic E-state index is 10.4. The van der Waals surface area contributed by atoms with Gasteiger partial charge >= 0.3 is 0 Å². The van der Waals surface area contributed by atoms with Gasteiger partial charge in [0.25, 0.3) is 0 Å². The van der Waals surface area contributed by atoms with Crippen LogP contribution in [0, 0.1) is 0 Å². The molecule has 0 bridgehead atoms. The molecule has 2 atom stereocenters. The highest BCUT2D eigenvalue weighted by molar-refractivity contribution is 7.15. The van der Waals surface area contributed by atoms with E-state index in [1.807, 2.05) is 13.1 Å². The quantitative estimate of drug-likeness (QED) is 0.855. The summed E-state index contributed by atoms with van der Waals surface area (Å²) in [5, 5.41) is 12.2. The first-order chi connectivity index (χ1) is 9.95. The van der Waals surface area contributed by atoms with Crippen LogP contribution in [0.2, 0.25) is 10.0 Å². The molecule has 1 aliphatic rings. The van der Waals surface area contributed by atoms with Gasteiger partial charge in [0.2, 0.25) is 0 Å². The Morgan fingerprint density at radius 3 is 2.82 bits per heavy atom. The highest BCUT2D eigenvalue weighted by Crippen LogP contribution is 2.41. The van der Waals surface area contributed by atoms with Crippen molar-refractivity contribution >= 4 is 52.1 Å². The number of aliphatic hydroxyl groups excluding tert-OH is 1. The summed E-state index contributed by atoms with van der Waals surface area (Å²) in [6.07, 6.45) is 1.82. The lowest BCUT2D eigenvalue weighted by Gasteiger charge is -2.27. The van der Waals surface area contributed by atoms with Crippen LogP contribution >= 0.6 is 46.9 Å². The zero-order valence-electron chi connectivity index (χ0n) is 11.8. The fourth-order valence-electron chi connectivity index (χ4n) is 2.90. The van der Waals surface area contributed by atoms with E-state index in [9.17, 15) is 5.11 Å². The Hall–Kier alpha value is -0.560. The van der Waals surface area contributed by atoms with Crippen molar-refractivity contribution < 1.29 is 5.11 Å². The Balaban J connectivity index is 0.00000176. The van der Waals surface area contributed by atoms with E-state index in [0.717, 1.165) is 16.0 Å². The number of halogens is 3. The van der Waals surface area contributed by atoms with E-state index in [4.69, 9.17) is 28.9 Å². The van der Waals surface area contributed by atoms with Gasteiger partial charge in [-0.15, -0.1) is 23.7 Å². The number of hydrogen-bond acceptors (Lipinski definition) is 5. The maximum absolute atomic E-state index is 10.4. The van der Waals surface area contributed by atoms with E-state index in [2.05, 4.69) is 9.88 Å². The van der Waals surface area contributed by atoms with Gasteiger partial charge in [-0.25, -0.2) is 4.98 Å². The molecule has 2 aromatic rings. The molecule has 1 heterocycles. The normalized spacial score (nSPS) is 20.0. The van der Waals surface area contributed by atoms with Gasteiger partial charge < -0.3 is 10.8 Å². The largest absolute Gasteiger partial charge is 0.391 e. The summed E-state index contributed by atoms with van der Waals surface area (Å²) >= 11 is 13.8. The fraction of sp³-hybridized carbons (Fsp3) is 0.357. The Morgan fingerprint density at radius 1 is 1.45 bits per heavy atom. The number of thiazole rings is 1. The predicted molar refractivity (Wildman–Crippen MR) is 94.2 cm³/mol. The molecule has 4 nitrogen and oxygen atoms in total. The lowest BCUT2D eigenvalue weighted by molar-refractivity contribution is 0.0730. The SMILES string of the molecule is CN(Cc1cnc(N)s1)C1c2cc(Cl)cc(Cl)c2CC1O.Cl. The van der Waals surface area contributed by atoms with Crippen LogP contribution in [-0.2, 0) is 13.0 Å². The highest BCUT2D eigenvalue weighted by Gasteiger charge is 2.35. The average Bonchev–Trinajstić information content (AvgIpc) is 2.92. The molecule has 120 valence electrons. The van der Waals surface area contributed by atoms with Crippen molar-refractivity contribution in [2.45, 2.75) is 25.1 Å². The summed E-state index contributed by atoms with van der Waals surface area (Å²) in [6, 6.07) is 3.49. The molecule has 0 spiro atoms. The first kappa shape index (κ1) is 17.8. The molecule has 0 aliphatic heterocycles. The number of likely N-dealkylation sites (N-methyl/N-ethyl adjacent to an activating group) is 1. The van der Waals surface area contributed by atoms with E-state index < -0.39 is 6.10 Å². The average molecular weight is 381 g/mol. The van der Waals surface area contributed by atoms with E-state index in [0.29, 0.717) is 28.1 Å². The van der Waals surface area contributed by atoms with Crippen LogP contribution < -0.4 is 5.73 Å². The third-order valence-corrected chi connectivity index (χ3v) is 5.11. The summed E-state index contributed by atoms with van der Waals surface area (Å²) in [5.74, 6) is 0. The van der Waals surface area contributed by atoms with Crippen LogP contribution in [0.3, 0.4) is 0 Å². The Morgan fingerprint density at radius 2 is 2.18 bits per heavy atom. The first-order valence-corrected chi connectivity index (χ1v) is 8.09. The van der Waals surface area contributed by atoms with Crippen LogP contribution in [0.5, 0.6) is 0 Å². The second-order valence-electron chi connectivity index (χ2n) is 5.25. The monoisotopic (exact) mass is 379 g/mol. The molecular formula is C14H16Cl3N3OS. The standard InChI is InChI=1S/C14H15Cl2N3OS.ClH/c1-19(6-8-5-18-14(17)21-8)13-10-2-7(15)3-11(16)9(10)4-12(13)20;/h2-3,5,12-13,20H,4,6H2,1H3,(H2,17,18);1H. The van der Waals surface area contributed by atoms with Gasteiger partial charge in [-0.2, -0.15) is 0 Å². The number of hydrogen-bond donors (Lipinski definition) is 2. The van der Waals surface area contributed by atoms with Crippen molar-refractivity contribution in [1.29, 1.82) is 0 Å². The predicted octanol–water partition coefficient (Wildman–Crippen LogP) is 3.54. The second-order valence-corrected chi connectivity index (χ2v) is 7.24.